The minimum atomic E-state index is -0.341. The number of benzene rings is 10. The van der Waals surface area contributed by atoms with Crippen LogP contribution in [0.25, 0.3) is 16.7 Å². The highest BCUT2D eigenvalue weighted by molar-refractivity contribution is 5.89. The smallest absolute Gasteiger partial charge is 0.143 e. The summed E-state index contributed by atoms with van der Waals surface area (Å²) >= 11 is 0. The summed E-state index contributed by atoms with van der Waals surface area (Å²) in [6.45, 7) is 6.73. The lowest BCUT2D eigenvalue weighted by Crippen LogP contribution is -2.00. The Kier molecular flexibility index (Phi) is 27.3. The molecule has 0 unspecified atom stereocenters. The van der Waals surface area contributed by atoms with Gasteiger partial charge in [-0.15, -0.1) is 0 Å². The lowest BCUT2D eigenvalue weighted by Gasteiger charge is -2.17. The van der Waals surface area contributed by atoms with Crippen LogP contribution in [0, 0.1) is 0 Å². The number of allylic oxidation sites excluding steroid dienone is 1. The number of ether oxygens (including phenoxy) is 1. The van der Waals surface area contributed by atoms with E-state index >= 15 is 0 Å². The zero-order valence-corrected chi connectivity index (χ0v) is 46.9. The van der Waals surface area contributed by atoms with Crippen molar-refractivity contribution in [3.05, 3.63) is 377 Å². The predicted molar refractivity (Wildman–Crippen MR) is 341 cm³/mol. The van der Waals surface area contributed by atoms with Crippen LogP contribution in [0.1, 0.15) is 107 Å². The van der Waals surface area contributed by atoms with Crippen LogP contribution < -0.4 is 0 Å². The highest BCUT2D eigenvalue weighted by Crippen LogP contribution is 2.29. The van der Waals surface area contributed by atoms with Gasteiger partial charge in [0.05, 0.1) is 25.4 Å². The first-order chi connectivity index (χ1) is 39.9. The van der Waals surface area contributed by atoms with E-state index in [2.05, 4.69) is 166 Å². The van der Waals surface area contributed by atoms with Gasteiger partial charge < -0.3 is 14.9 Å². The molecule has 408 valence electrons. The molecule has 0 amide bonds. The zero-order chi connectivity index (χ0) is 57.0. The van der Waals surface area contributed by atoms with E-state index in [0.717, 1.165) is 45.2 Å². The lowest BCUT2D eigenvalue weighted by atomic mass is 9.88. The molecule has 0 radical (unpaired) electrons. The average molecular weight is 1070 g/mol. The van der Waals surface area contributed by atoms with E-state index in [0.29, 0.717) is 12.5 Å². The van der Waals surface area contributed by atoms with Crippen molar-refractivity contribution in [2.24, 2.45) is 0 Å². The summed E-state index contributed by atoms with van der Waals surface area (Å²) < 4.78 is 6.03. The highest BCUT2D eigenvalue weighted by atomic mass is 16.5. The molecular formula is C77H76O4. The molecule has 4 nitrogen and oxygen atoms in total. The Bertz CT molecular complexity index is 3130. The first-order valence-electron chi connectivity index (χ1n) is 27.9. The van der Waals surface area contributed by atoms with Crippen molar-refractivity contribution in [2.45, 2.75) is 51.7 Å². The van der Waals surface area contributed by atoms with Gasteiger partial charge in [0.15, 0.2) is 0 Å². The Labute approximate surface area is 482 Å². The summed E-state index contributed by atoms with van der Waals surface area (Å²) in [6, 6.07) is 102. The minimum absolute atomic E-state index is 0.0547. The SMILES string of the molecule is CCCC(c1ccccc1)c1ccccc1.C[C@@H](O)c1ccccc1.C[C@@H](OCC=C(c1ccccc1)c1ccccc1)c1ccccc1.O=CC=C(c1ccccc1)c1ccccc1.OCC=C(c1ccccc1)c1ccccc1. The summed E-state index contributed by atoms with van der Waals surface area (Å²) in [4.78, 5) is 10.7. The van der Waals surface area contributed by atoms with Crippen LogP contribution >= 0.6 is 0 Å². The highest BCUT2D eigenvalue weighted by Gasteiger charge is 2.12. The third-order valence-electron chi connectivity index (χ3n) is 13.2. The maximum atomic E-state index is 10.7. The Morgan fingerprint density at radius 3 is 0.926 bits per heavy atom. The average Bonchev–Trinajstić information content (AvgIpc) is 3.55. The topological polar surface area (TPSA) is 66.8 Å². The maximum Gasteiger partial charge on any atom is 0.143 e. The van der Waals surface area contributed by atoms with Gasteiger partial charge in [-0.3, -0.25) is 4.79 Å². The summed E-state index contributed by atoms with van der Waals surface area (Å²) in [5.74, 6) is 0.549. The molecule has 0 aromatic heterocycles. The van der Waals surface area contributed by atoms with Crippen molar-refractivity contribution in [3.8, 4) is 0 Å². The van der Waals surface area contributed by atoms with Gasteiger partial charge in [0.2, 0.25) is 0 Å². The quantitative estimate of drug-likeness (QED) is 0.0704. The van der Waals surface area contributed by atoms with Crippen molar-refractivity contribution < 1.29 is 19.7 Å². The summed E-state index contributed by atoms with van der Waals surface area (Å²) in [7, 11) is 0. The Balaban J connectivity index is 0.000000168. The van der Waals surface area contributed by atoms with E-state index in [4.69, 9.17) is 14.9 Å². The Morgan fingerprint density at radius 1 is 0.383 bits per heavy atom. The van der Waals surface area contributed by atoms with Gasteiger partial charge in [0, 0.05) is 5.92 Å². The molecule has 0 aliphatic rings. The van der Waals surface area contributed by atoms with Crippen molar-refractivity contribution in [2.75, 3.05) is 13.2 Å². The monoisotopic (exact) mass is 1060 g/mol. The standard InChI is InChI=1S/C23H22O.C16H18.C15H14O.C15H12O.C8H10O/c1-19(20-11-5-2-6-12-20)24-18-17-23(21-13-7-3-8-14-21)22-15-9-4-10-16-22;1-2-9-16(14-10-5-3-6-11-14)15-12-7-4-8-13-15;2*16-12-11-15(13-7-3-1-4-8-13)14-9-5-2-6-10-14;1-7(9)8-5-3-2-4-6-8/h2-17,19H,18H2,1H3;3-8,10-13,16H,2,9H2,1H3;1-11,16H,12H2;1-12H;2-7,9H,1H3/t19-;;;;7-/m1...1/s1. The van der Waals surface area contributed by atoms with E-state index < -0.39 is 0 Å². The first-order valence-corrected chi connectivity index (χ1v) is 27.9. The molecule has 0 fully saturated rings. The number of carbonyl (C=O) groups excluding carboxylic acids is 1. The van der Waals surface area contributed by atoms with Crippen LogP contribution in [0.3, 0.4) is 0 Å². The molecule has 0 bridgehead atoms. The fourth-order valence-electron chi connectivity index (χ4n) is 9.04. The molecule has 10 aromatic rings. The third kappa shape index (κ3) is 21.3. The molecule has 10 rings (SSSR count). The van der Waals surface area contributed by atoms with Gasteiger partial charge in [-0.2, -0.15) is 0 Å². The number of hydrogen-bond donors (Lipinski definition) is 2. The fraction of sp³-hybridized carbons (Fsp3) is 0.130. The lowest BCUT2D eigenvalue weighted by molar-refractivity contribution is -0.104. The number of aliphatic hydroxyl groups excluding tert-OH is 2. The van der Waals surface area contributed by atoms with E-state index in [1.54, 1.807) is 13.0 Å². The fourth-order valence-corrected chi connectivity index (χ4v) is 9.04. The van der Waals surface area contributed by atoms with Crippen LogP contribution in [-0.2, 0) is 9.53 Å². The number of aldehydes is 1. The molecule has 2 N–H and O–H groups in total. The molecule has 4 heteroatoms. The van der Waals surface area contributed by atoms with Gasteiger partial charge in [0.25, 0.3) is 0 Å². The van der Waals surface area contributed by atoms with Crippen molar-refractivity contribution in [1.29, 1.82) is 0 Å². The minimum Gasteiger partial charge on any atom is -0.392 e. The molecule has 0 saturated heterocycles. The van der Waals surface area contributed by atoms with Crippen molar-refractivity contribution in [3.63, 3.8) is 0 Å². The van der Waals surface area contributed by atoms with Crippen LogP contribution in [0.4, 0.5) is 0 Å². The molecule has 10 aromatic carbocycles. The molecule has 0 aliphatic heterocycles. The van der Waals surface area contributed by atoms with E-state index in [1.807, 2.05) is 164 Å². The maximum absolute atomic E-state index is 10.7. The second-order valence-corrected chi connectivity index (χ2v) is 19.0. The second-order valence-electron chi connectivity index (χ2n) is 19.0. The van der Waals surface area contributed by atoms with Gasteiger partial charge in [-0.25, -0.2) is 0 Å². The Morgan fingerprint density at radius 2 is 0.654 bits per heavy atom. The largest absolute Gasteiger partial charge is 0.392 e. The van der Waals surface area contributed by atoms with Crippen LogP contribution in [0.15, 0.2) is 322 Å². The third-order valence-corrected chi connectivity index (χ3v) is 13.2. The molecule has 81 heavy (non-hydrogen) atoms. The zero-order valence-electron chi connectivity index (χ0n) is 46.9. The van der Waals surface area contributed by atoms with E-state index in [9.17, 15) is 4.79 Å². The number of rotatable bonds is 17. The van der Waals surface area contributed by atoms with E-state index in [-0.39, 0.29) is 18.8 Å². The normalized spacial score (nSPS) is 10.8. The van der Waals surface area contributed by atoms with E-state index in [1.165, 1.54) is 46.2 Å². The molecule has 2 atom stereocenters. The Hall–Kier alpha value is -9.03. The van der Waals surface area contributed by atoms with Gasteiger partial charge in [0.1, 0.15) is 6.29 Å². The summed E-state index contributed by atoms with van der Waals surface area (Å²) in [6.07, 6.45) is 8.61. The van der Waals surface area contributed by atoms with Crippen LogP contribution in [0.2, 0.25) is 0 Å². The predicted octanol–water partition coefficient (Wildman–Crippen LogP) is 18.7. The van der Waals surface area contributed by atoms with Crippen LogP contribution in [-0.4, -0.2) is 29.7 Å². The van der Waals surface area contributed by atoms with Gasteiger partial charge in [-0.05, 0) is 98.7 Å². The number of hydrogen-bond acceptors (Lipinski definition) is 4. The summed E-state index contributed by atoms with van der Waals surface area (Å²) in [5, 5.41) is 18.1. The molecule has 0 aliphatic carbocycles. The number of aliphatic hydroxyl groups is 2. The second kappa shape index (κ2) is 36.2. The van der Waals surface area contributed by atoms with Gasteiger partial charge >= 0.3 is 0 Å². The molecule has 0 spiro atoms. The molecule has 0 saturated carbocycles. The van der Waals surface area contributed by atoms with Crippen LogP contribution in [0.5, 0.6) is 0 Å². The molecular weight excluding hydrogens is 989 g/mol. The molecule has 0 heterocycles. The number of carbonyl (C=O) groups is 1. The van der Waals surface area contributed by atoms with Crippen molar-refractivity contribution in [1.82, 2.24) is 0 Å². The van der Waals surface area contributed by atoms with Crippen molar-refractivity contribution >= 4 is 23.0 Å². The first kappa shape index (κ1) is 61.2. The van der Waals surface area contributed by atoms with Gasteiger partial charge in [-0.1, -0.05) is 329 Å². The summed E-state index contributed by atoms with van der Waals surface area (Å²) in [5.41, 5.74) is 15.0.